The quantitative estimate of drug-likeness (QED) is 0.686. The number of aliphatic hydroxyl groups is 1. The molecular weight excluding hydrogens is 380 g/mol. The van der Waals surface area contributed by atoms with Gasteiger partial charge in [-0.3, -0.25) is 0 Å². The van der Waals surface area contributed by atoms with Crippen LogP contribution >= 0.6 is 0 Å². The van der Waals surface area contributed by atoms with E-state index >= 15 is 0 Å². The maximum absolute atomic E-state index is 9.51. The average Bonchev–Trinajstić information content (AvgIpc) is 3.24. The minimum atomic E-state index is 0.292. The molecule has 1 saturated heterocycles. The van der Waals surface area contributed by atoms with Crippen molar-refractivity contribution in [3.05, 3.63) is 36.9 Å². The lowest BCUT2D eigenvalue weighted by Crippen LogP contribution is -2.46. The van der Waals surface area contributed by atoms with E-state index in [1.54, 1.807) is 18.5 Å². The van der Waals surface area contributed by atoms with E-state index in [4.69, 9.17) is 4.98 Å². The molecule has 2 N–H and O–H groups in total. The van der Waals surface area contributed by atoms with Crippen molar-refractivity contribution in [2.24, 2.45) is 5.92 Å². The Hall–Kier alpha value is -2.87. The number of imidazole rings is 1. The molecule has 1 aliphatic carbocycles. The Morgan fingerprint density at radius 3 is 2.27 bits per heavy atom. The van der Waals surface area contributed by atoms with Crippen LogP contribution in [0.1, 0.15) is 31.7 Å². The highest BCUT2D eigenvalue weighted by atomic mass is 16.3. The van der Waals surface area contributed by atoms with Gasteiger partial charge >= 0.3 is 0 Å². The molecule has 8 heteroatoms. The third-order valence-corrected chi connectivity index (χ3v) is 6.60. The molecule has 5 rings (SSSR count). The molecule has 0 amide bonds. The SMILES string of the molecule is OCC1CCC(n2cnc3c(N4CCN(c5ccc(O)cc5)CC4)ncnc32)CC1. The van der Waals surface area contributed by atoms with Crippen molar-refractivity contribution in [2.75, 3.05) is 42.6 Å². The van der Waals surface area contributed by atoms with Crippen molar-refractivity contribution in [3.8, 4) is 5.75 Å². The van der Waals surface area contributed by atoms with Gasteiger partial charge in [-0.05, 0) is 55.9 Å². The largest absolute Gasteiger partial charge is 0.508 e. The molecule has 8 nitrogen and oxygen atoms in total. The molecule has 2 fully saturated rings. The maximum atomic E-state index is 9.51. The first-order valence-corrected chi connectivity index (χ1v) is 10.8. The van der Waals surface area contributed by atoms with Gasteiger partial charge in [0, 0.05) is 44.5 Å². The van der Waals surface area contributed by atoms with Crippen molar-refractivity contribution in [2.45, 2.75) is 31.7 Å². The Bertz CT molecular complexity index is 989. The van der Waals surface area contributed by atoms with Crippen LogP contribution in [0.25, 0.3) is 11.2 Å². The monoisotopic (exact) mass is 408 g/mol. The van der Waals surface area contributed by atoms with Crippen molar-refractivity contribution < 1.29 is 10.2 Å². The summed E-state index contributed by atoms with van der Waals surface area (Å²) in [5, 5.41) is 18.9. The average molecular weight is 409 g/mol. The van der Waals surface area contributed by atoms with Crippen LogP contribution in [-0.2, 0) is 0 Å². The van der Waals surface area contributed by atoms with Crippen LogP contribution in [0.2, 0.25) is 0 Å². The van der Waals surface area contributed by atoms with Crippen molar-refractivity contribution in [1.29, 1.82) is 0 Å². The van der Waals surface area contributed by atoms with Gasteiger partial charge in [0.15, 0.2) is 17.0 Å². The summed E-state index contributed by atoms with van der Waals surface area (Å²) in [6.07, 6.45) is 7.79. The predicted octanol–water partition coefficient (Wildman–Crippen LogP) is 2.58. The van der Waals surface area contributed by atoms with Crippen LogP contribution in [-0.4, -0.2) is 62.5 Å². The smallest absolute Gasteiger partial charge is 0.165 e. The number of rotatable bonds is 4. The molecule has 30 heavy (non-hydrogen) atoms. The summed E-state index contributed by atoms with van der Waals surface area (Å²) in [7, 11) is 0. The second-order valence-corrected chi connectivity index (χ2v) is 8.37. The van der Waals surface area contributed by atoms with Gasteiger partial charge in [-0.15, -0.1) is 0 Å². The Morgan fingerprint density at radius 2 is 1.57 bits per heavy atom. The number of benzene rings is 1. The predicted molar refractivity (Wildman–Crippen MR) is 116 cm³/mol. The summed E-state index contributed by atoms with van der Waals surface area (Å²) in [4.78, 5) is 18.5. The standard InChI is InChI=1S/C22H28N6O2/c29-13-16-1-3-18(4-2-16)28-15-25-20-21(23-14-24-22(20)28)27-11-9-26(10-12-27)17-5-7-19(30)8-6-17/h5-8,14-16,18,29-30H,1-4,9-13H2. The zero-order valence-electron chi connectivity index (χ0n) is 17.1. The van der Waals surface area contributed by atoms with Crippen LogP contribution in [0.4, 0.5) is 11.5 Å². The molecule has 3 heterocycles. The second kappa shape index (κ2) is 8.10. The van der Waals surface area contributed by atoms with Crippen molar-refractivity contribution in [3.63, 3.8) is 0 Å². The highest BCUT2D eigenvalue weighted by molar-refractivity contribution is 5.83. The number of nitrogens with zero attached hydrogens (tertiary/aromatic N) is 6. The molecule has 1 aliphatic heterocycles. The fourth-order valence-corrected chi connectivity index (χ4v) is 4.78. The zero-order valence-corrected chi connectivity index (χ0v) is 17.1. The highest BCUT2D eigenvalue weighted by Crippen LogP contribution is 2.34. The van der Waals surface area contributed by atoms with Gasteiger partial charge in [0.2, 0.25) is 0 Å². The Morgan fingerprint density at radius 1 is 0.867 bits per heavy atom. The van der Waals surface area contributed by atoms with Gasteiger partial charge in [-0.25, -0.2) is 15.0 Å². The molecule has 0 unspecified atom stereocenters. The van der Waals surface area contributed by atoms with Gasteiger partial charge in [0.25, 0.3) is 0 Å². The van der Waals surface area contributed by atoms with Crippen LogP contribution in [0, 0.1) is 5.92 Å². The zero-order chi connectivity index (χ0) is 20.5. The lowest BCUT2D eigenvalue weighted by molar-refractivity contribution is 0.169. The maximum Gasteiger partial charge on any atom is 0.165 e. The highest BCUT2D eigenvalue weighted by Gasteiger charge is 2.26. The van der Waals surface area contributed by atoms with E-state index in [-0.39, 0.29) is 0 Å². The van der Waals surface area contributed by atoms with E-state index in [0.29, 0.717) is 24.3 Å². The topological polar surface area (TPSA) is 90.5 Å². The van der Waals surface area contributed by atoms with Gasteiger partial charge in [0.1, 0.15) is 12.1 Å². The minimum Gasteiger partial charge on any atom is -0.508 e. The van der Waals surface area contributed by atoms with E-state index in [1.165, 1.54) is 0 Å². The van der Waals surface area contributed by atoms with Crippen LogP contribution < -0.4 is 9.80 Å². The van der Waals surface area contributed by atoms with Crippen molar-refractivity contribution >= 4 is 22.7 Å². The van der Waals surface area contributed by atoms with Gasteiger partial charge < -0.3 is 24.6 Å². The summed E-state index contributed by atoms with van der Waals surface area (Å²) < 4.78 is 2.21. The third kappa shape index (κ3) is 3.56. The number of hydrogen-bond donors (Lipinski definition) is 2. The van der Waals surface area contributed by atoms with Gasteiger partial charge in [-0.2, -0.15) is 0 Å². The molecular formula is C22H28N6O2. The number of hydrogen-bond acceptors (Lipinski definition) is 7. The molecule has 2 aromatic heterocycles. The summed E-state index contributed by atoms with van der Waals surface area (Å²) in [5.74, 6) is 1.64. The Balaban J connectivity index is 1.32. The number of aromatic hydroxyl groups is 1. The lowest BCUT2D eigenvalue weighted by Gasteiger charge is -2.36. The van der Waals surface area contributed by atoms with E-state index in [9.17, 15) is 10.2 Å². The molecule has 158 valence electrons. The number of phenols is 1. The first kappa shape index (κ1) is 19.1. The van der Waals surface area contributed by atoms with E-state index in [1.807, 2.05) is 18.5 Å². The molecule has 0 radical (unpaired) electrons. The van der Waals surface area contributed by atoms with Crippen LogP contribution in [0.15, 0.2) is 36.9 Å². The number of phenolic OH excluding ortho intramolecular Hbond substituents is 1. The number of piperazine rings is 1. The summed E-state index contributed by atoms with van der Waals surface area (Å²) in [5.41, 5.74) is 2.91. The Labute approximate surface area is 175 Å². The normalized spacial score (nSPS) is 22.6. The van der Waals surface area contributed by atoms with Crippen LogP contribution in [0.3, 0.4) is 0 Å². The fourth-order valence-electron chi connectivity index (χ4n) is 4.78. The second-order valence-electron chi connectivity index (χ2n) is 8.37. The van der Waals surface area contributed by atoms with E-state index in [2.05, 4.69) is 24.3 Å². The summed E-state index contributed by atoms with van der Waals surface area (Å²) in [6, 6.07) is 7.78. The molecule has 1 aromatic carbocycles. The Kier molecular flexibility index (Phi) is 5.16. The molecule has 0 spiro atoms. The minimum absolute atomic E-state index is 0.292. The molecule has 0 atom stereocenters. The molecule has 3 aromatic rings. The van der Waals surface area contributed by atoms with Gasteiger partial charge in [0.05, 0.1) is 6.33 Å². The first-order chi connectivity index (χ1) is 14.7. The number of aromatic nitrogens is 4. The third-order valence-electron chi connectivity index (χ3n) is 6.60. The molecule has 2 aliphatic rings. The number of fused-ring (bicyclic) bond motifs is 1. The van der Waals surface area contributed by atoms with Crippen molar-refractivity contribution in [1.82, 2.24) is 19.5 Å². The number of aliphatic hydroxyl groups excluding tert-OH is 1. The van der Waals surface area contributed by atoms with E-state index < -0.39 is 0 Å². The fraction of sp³-hybridized carbons (Fsp3) is 0.500. The number of anilines is 2. The molecule has 0 bridgehead atoms. The summed E-state index contributed by atoms with van der Waals surface area (Å²) in [6.45, 7) is 3.80. The van der Waals surface area contributed by atoms with Crippen LogP contribution in [0.5, 0.6) is 5.75 Å². The first-order valence-electron chi connectivity index (χ1n) is 10.8. The lowest BCUT2D eigenvalue weighted by atomic mass is 9.86. The molecule has 1 saturated carbocycles. The van der Waals surface area contributed by atoms with E-state index in [0.717, 1.165) is 74.5 Å². The summed E-state index contributed by atoms with van der Waals surface area (Å²) >= 11 is 0. The van der Waals surface area contributed by atoms with Gasteiger partial charge in [-0.1, -0.05) is 0 Å².